The summed E-state index contributed by atoms with van der Waals surface area (Å²) in [6.07, 6.45) is 3.95. The quantitative estimate of drug-likeness (QED) is 0.816. The Morgan fingerprint density at radius 2 is 1.90 bits per heavy atom. The van der Waals surface area contributed by atoms with Crippen LogP contribution >= 0.6 is 40.7 Å². The van der Waals surface area contributed by atoms with Gasteiger partial charge in [-0.05, 0) is 46.0 Å². The highest BCUT2D eigenvalue weighted by Gasteiger charge is 2.30. The van der Waals surface area contributed by atoms with Crippen LogP contribution in [0.1, 0.15) is 30.9 Å². The van der Waals surface area contributed by atoms with Crippen molar-refractivity contribution in [2.45, 2.75) is 25.3 Å². The van der Waals surface area contributed by atoms with Crippen molar-refractivity contribution in [1.29, 1.82) is 0 Å². The van der Waals surface area contributed by atoms with E-state index >= 15 is 0 Å². The fourth-order valence-corrected chi connectivity index (χ4v) is 3.28. The molecule has 0 radical (unpaired) electrons. The van der Waals surface area contributed by atoms with E-state index in [1.54, 1.807) is 6.07 Å². The predicted molar refractivity (Wildman–Crippen MR) is 93.1 cm³/mol. The molecule has 0 aromatic heterocycles. The van der Waals surface area contributed by atoms with Crippen molar-refractivity contribution in [3.8, 4) is 0 Å². The standard InChI is InChI=1S/C15H20BrFN2.2ClH/c16-13-10-12(3-4-14(13)17)15(9-11-1-2-11)19-7-5-18-6-8-19;;/h3-4,10-11,15,18H,1-2,5-9H2;2*1H/t15-;;/m1../s1. The third kappa shape index (κ3) is 5.07. The first-order chi connectivity index (χ1) is 9.24. The van der Waals surface area contributed by atoms with E-state index in [9.17, 15) is 4.39 Å². The molecule has 3 rings (SSSR count). The number of benzene rings is 1. The minimum atomic E-state index is -0.172. The zero-order chi connectivity index (χ0) is 13.2. The highest BCUT2D eigenvalue weighted by Crippen LogP contribution is 2.40. The predicted octanol–water partition coefficient (Wildman–Crippen LogP) is 4.18. The van der Waals surface area contributed by atoms with Crippen LogP contribution in [0.4, 0.5) is 4.39 Å². The zero-order valence-electron chi connectivity index (χ0n) is 11.9. The van der Waals surface area contributed by atoms with E-state index < -0.39 is 0 Å². The molecular formula is C15H22BrCl2FN2. The molecule has 6 heteroatoms. The number of piperazine rings is 1. The molecular weight excluding hydrogens is 378 g/mol. The third-order valence-electron chi connectivity index (χ3n) is 4.17. The van der Waals surface area contributed by atoms with Gasteiger partial charge in [0.05, 0.1) is 4.47 Å². The molecule has 120 valence electrons. The third-order valence-corrected chi connectivity index (χ3v) is 4.78. The molecule has 0 amide bonds. The summed E-state index contributed by atoms with van der Waals surface area (Å²) in [5.74, 6) is 0.706. The maximum absolute atomic E-state index is 13.4. The normalized spacial score (nSPS) is 20.3. The van der Waals surface area contributed by atoms with E-state index in [0.29, 0.717) is 10.5 Å². The first kappa shape index (κ1) is 19.2. The van der Waals surface area contributed by atoms with Crippen LogP contribution in [-0.2, 0) is 0 Å². The summed E-state index contributed by atoms with van der Waals surface area (Å²) in [6.45, 7) is 4.30. The van der Waals surface area contributed by atoms with Gasteiger partial charge in [-0.2, -0.15) is 0 Å². The molecule has 1 aliphatic heterocycles. The lowest BCUT2D eigenvalue weighted by molar-refractivity contribution is 0.160. The number of rotatable bonds is 4. The maximum Gasteiger partial charge on any atom is 0.137 e. The average Bonchev–Trinajstić information content (AvgIpc) is 3.24. The molecule has 1 saturated heterocycles. The Kier molecular flexibility index (Phi) is 7.93. The van der Waals surface area contributed by atoms with Crippen LogP contribution in [0.3, 0.4) is 0 Å². The highest BCUT2D eigenvalue weighted by atomic mass is 79.9. The summed E-state index contributed by atoms with van der Waals surface area (Å²) in [4.78, 5) is 2.55. The Bertz CT molecular complexity index is 451. The van der Waals surface area contributed by atoms with Gasteiger partial charge in [-0.25, -0.2) is 4.39 Å². The Morgan fingerprint density at radius 3 is 2.48 bits per heavy atom. The Labute approximate surface area is 146 Å². The summed E-state index contributed by atoms with van der Waals surface area (Å²) in [7, 11) is 0. The van der Waals surface area contributed by atoms with Gasteiger partial charge in [0, 0.05) is 32.2 Å². The number of nitrogens with one attached hydrogen (secondary N) is 1. The number of hydrogen-bond acceptors (Lipinski definition) is 2. The van der Waals surface area contributed by atoms with Crippen LogP contribution < -0.4 is 5.32 Å². The summed E-state index contributed by atoms with van der Waals surface area (Å²) in [5.41, 5.74) is 1.25. The van der Waals surface area contributed by atoms with Crippen molar-refractivity contribution in [2.24, 2.45) is 5.92 Å². The van der Waals surface area contributed by atoms with E-state index in [2.05, 4.69) is 26.1 Å². The topological polar surface area (TPSA) is 15.3 Å². The SMILES string of the molecule is Cl.Cl.Fc1ccc([C@@H](CC2CC2)N2CCNCC2)cc1Br. The van der Waals surface area contributed by atoms with Gasteiger partial charge in [-0.15, -0.1) is 24.8 Å². The number of hydrogen-bond donors (Lipinski definition) is 1. The fraction of sp³-hybridized carbons (Fsp3) is 0.600. The summed E-state index contributed by atoms with van der Waals surface area (Å²) < 4.78 is 14.0. The van der Waals surface area contributed by atoms with Gasteiger partial charge in [0.15, 0.2) is 0 Å². The van der Waals surface area contributed by atoms with E-state index in [1.165, 1.54) is 24.8 Å². The van der Waals surface area contributed by atoms with Gasteiger partial charge < -0.3 is 5.32 Å². The molecule has 1 heterocycles. The van der Waals surface area contributed by atoms with Crippen molar-refractivity contribution < 1.29 is 4.39 Å². The van der Waals surface area contributed by atoms with Crippen molar-refractivity contribution >= 4 is 40.7 Å². The second kappa shape index (κ2) is 8.68. The van der Waals surface area contributed by atoms with E-state index in [-0.39, 0.29) is 30.6 Å². The highest BCUT2D eigenvalue weighted by molar-refractivity contribution is 9.10. The molecule has 1 aliphatic carbocycles. The molecule has 21 heavy (non-hydrogen) atoms. The minimum Gasteiger partial charge on any atom is -0.314 e. The van der Waals surface area contributed by atoms with Crippen molar-refractivity contribution in [2.75, 3.05) is 26.2 Å². The van der Waals surface area contributed by atoms with E-state index in [4.69, 9.17) is 0 Å². The molecule has 2 fully saturated rings. The number of nitrogens with zero attached hydrogens (tertiary/aromatic N) is 1. The van der Waals surface area contributed by atoms with Crippen LogP contribution in [0.25, 0.3) is 0 Å². The first-order valence-corrected chi connectivity index (χ1v) is 7.93. The Morgan fingerprint density at radius 1 is 1.24 bits per heavy atom. The lowest BCUT2D eigenvalue weighted by Gasteiger charge is -2.35. The van der Waals surface area contributed by atoms with Gasteiger partial charge in [0.1, 0.15) is 5.82 Å². The average molecular weight is 400 g/mol. The monoisotopic (exact) mass is 398 g/mol. The van der Waals surface area contributed by atoms with Gasteiger partial charge >= 0.3 is 0 Å². The lowest BCUT2D eigenvalue weighted by Crippen LogP contribution is -2.45. The van der Waals surface area contributed by atoms with Crippen LogP contribution in [0, 0.1) is 11.7 Å². The molecule has 1 N–H and O–H groups in total. The van der Waals surface area contributed by atoms with Gasteiger partial charge in [0.25, 0.3) is 0 Å². The largest absolute Gasteiger partial charge is 0.314 e. The second-order valence-corrected chi connectivity index (χ2v) is 6.51. The summed E-state index contributed by atoms with van der Waals surface area (Å²) >= 11 is 3.31. The van der Waals surface area contributed by atoms with Crippen LogP contribution in [0.5, 0.6) is 0 Å². The second-order valence-electron chi connectivity index (χ2n) is 5.65. The maximum atomic E-state index is 13.4. The van der Waals surface area contributed by atoms with Crippen molar-refractivity contribution in [3.05, 3.63) is 34.1 Å². The smallest absolute Gasteiger partial charge is 0.137 e. The Balaban J connectivity index is 0.00000110. The molecule has 1 atom stereocenters. The van der Waals surface area contributed by atoms with Crippen LogP contribution in [0.15, 0.2) is 22.7 Å². The lowest BCUT2D eigenvalue weighted by atomic mass is 9.98. The molecule has 1 aromatic rings. The molecule has 0 spiro atoms. The molecule has 1 aromatic carbocycles. The van der Waals surface area contributed by atoms with E-state index in [0.717, 1.165) is 32.1 Å². The molecule has 0 unspecified atom stereocenters. The molecule has 0 bridgehead atoms. The van der Waals surface area contributed by atoms with Crippen molar-refractivity contribution in [1.82, 2.24) is 10.2 Å². The van der Waals surface area contributed by atoms with Gasteiger partial charge in [-0.1, -0.05) is 18.9 Å². The van der Waals surface area contributed by atoms with Gasteiger partial charge in [0.2, 0.25) is 0 Å². The number of halogens is 4. The Hall–Kier alpha value is 0.130. The summed E-state index contributed by atoms with van der Waals surface area (Å²) in [5, 5.41) is 3.40. The first-order valence-electron chi connectivity index (χ1n) is 7.14. The van der Waals surface area contributed by atoms with Crippen molar-refractivity contribution in [3.63, 3.8) is 0 Å². The van der Waals surface area contributed by atoms with E-state index in [1.807, 2.05) is 12.1 Å². The molecule has 2 aliphatic rings. The minimum absolute atomic E-state index is 0. The van der Waals surface area contributed by atoms with Gasteiger partial charge in [-0.3, -0.25) is 4.90 Å². The summed E-state index contributed by atoms with van der Waals surface area (Å²) in [6, 6.07) is 5.95. The fourth-order valence-electron chi connectivity index (χ4n) is 2.88. The molecule has 1 saturated carbocycles. The van der Waals surface area contributed by atoms with Crippen LogP contribution in [0.2, 0.25) is 0 Å². The zero-order valence-corrected chi connectivity index (χ0v) is 15.1. The molecule has 2 nitrogen and oxygen atoms in total. The van der Waals surface area contributed by atoms with Crippen LogP contribution in [-0.4, -0.2) is 31.1 Å².